The minimum absolute atomic E-state index is 0.0685. The highest BCUT2D eigenvalue weighted by molar-refractivity contribution is 7.89. The lowest BCUT2D eigenvalue weighted by Crippen LogP contribution is -2.37. The number of sulfonamides is 2. The van der Waals surface area contributed by atoms with Gasteiger partial charge in [0.15, 0.2) is 0 Å². The molecule has 192 valence electrons. The van der Waals surface area contributed by atoms with Crippen LogP contribution in [0.1, 0.15) is 44.6 Å². The maximum Gasteiger partial charge on any atom is 0.243 e. The lowest BCUT2D eigenvalue weighted by molar-refractivity contribution is 0.0926. The Morgan fingerprint density at radius 3 is 2.17 bits per heavy atom. The van der Waals surface area contributed by atoms with Crippen molar-refractivity contribution in [3.05, 3.63) is 54.1 Å². The first kappa shape index (κ1) is 26.1. The number of nitrogens with zero attached hydrogens (tertiary/aromatic N) is 2. The topological polar surface area (TPSA) is 93.2 Å². The summed E-state index contributed by atoms with van der Waals surface area (Å²) < 4.78 is 67.3. The average Bonchev–Trinajstić information content (AvgIpc) is 3.39. The smallest absolute Gasteiger partial charge is 0.243 e. The third-order valence-corrected chi connectivity index (χ3v) is 10.2. The van der Waals surface area contributed by atoms with Crippen LogP contribution in [-0.4, -0.2) is 64.4 Å². The zero-order valence-electron chi connectivity index (χ0n) is 20.1. The highest BCUT2D eigenvalue weighted by Gasteiger charge is 2.31. The van der Waals surface area contributed by atoms with Crippen molar-refractivity contribution in [2.24, 2.45) is 0 Å². The van der Waals surface area contributed by atoms with Gasteiger partial charge in [-0.05, 0) is 74.6 Å². The first-order chi connectivity index (χ1) is 16.8. The summed E-state index contributed by atoms with van der Waals surface area (Å²) in [6.07, 6.45) is 4.27. The second-order valence-electron chi connectivity index (χ2n) is 8.95. The highest BCUT2D eigenvalue weighted by Crippen LogP contribution is 2.26. The fraction of sp³-hybridized carbons (Fsp3) is 0.520. The van der Waals surface area contributed by atoms with Crippen molar-refractivity contribution in [2.45, 2.75) is 61.5 Å². The van der Waals surface area contributed by atoms with Crippen molar-refractivity contribution in [1.29, 1.82) is 0 Å². The van der Waals surface area contributed by atoms with Gasteiger partial charge in [-0.15, -0.1) is 0 Å². The summed E-state index contributed by atoms with van der Waals surface area (Å²) in [7, 11) is -7.51. The highest BCUT2D eigenvalue weighted by atomic mass is 32.2. The third kappa shape index (κ3) is 6.24. The van der Waals surface area contributed by atoms with Crippen LogP contribution >= 0.6 is 0 Å². The van der Waals surface area contributed by atoms with Crippen LogP contribution in [0.3, 0.4) is 0 Å². The predicted molar refractivity (Wildman–Crippen MR) is 133 cm³/mol. The first-order valence-corrected chi connectivity index (χ1v) is 15.1. The van der Waals surface area contributed by atoms with Gasteiger partial charge in [-0.25, -0.2) is 16.8 Å². The van der Waals surface area contributed by atoms with E-state index in [4.69, 9.17) is 9.47 Å². The summed E-state index contributed by atoms with van der Waals surface area (Å²) >= 11 is 0. The molecule has 0 spiro atoms. The normalized spacial score (nSPS) is 19.8. The molecule has 1 unspecified atom stereocenters. The molecule has 10 heteroatoms. The lowest BCUT2D eigenvalue weighted by atomic mass is 10.2. The molecule has 2 fully saturated rings. The maximum absolute atomic E-state index is 13.6. The van der Waals surface area contributed by atoms with E-state index >= 15 is 0 Å². The zero-order chi connectivity index (χ0) is 24.9. The molecular weight excluding hydrogens is 488 g/mol. The Hall–Kier alpha value is -1.98. The summed E-state index contributed by atoms with van der Waals surface area (Å²) in [5.74, 6) is 0.732. The second kappa shape index (κ2) is 11.4. The van der Waals surface area contributed by atoms with Crippen molar-refractivity contribution < 1.29 is 26.3 Å². The van der Waals surface area contributed by atoms with Crippen LogP contribution < -0.4 is 4.74 Å². The summed E-state index contributed by atoms with van der Waals surface area (Å²) in [5, 5.41) is 0. The fourth-order valence-electron chi connectivity index (χ4n) is 4.51. The van der Waals surface area contributed by atoms with E-state index in [2.05, 4.69) is 0 Å². The molecule has 2 aromatic carbocycles. The first-order valence-electron chi connectivity index (χ1n) is 12.2. The van der Waals surface area contributed by atoms with E-state index in [1.165, 1.54) is 32.9 Å². The number of hydrogen-bond donors (Lipinski definition) is 0. The molecule has 2 aromatic rings. The van der Waals surface area contributed by atoms with Gasteiger partial charge in [-0.3, -0.25) is 0 Å². The Morgan fingerprint density at radius 2 is 1.57 bits per heavy atom. The van der Waals surface area contributed by atoms with Crippen molar-refractivity contribution in [3.63, 3.8) is 0 Å². The molecule has 0 aromatic heterocycles. The van der Waals surface area contributed by atoms with Crippen molar-refractivity contribution in [1.82, 2.24) is 8.61 Å². The molecular formula is C25H34N2O6S2. The lowest BCUT2D eigenvalue weighted by Gasteiger charge is -2.26. The largest absolute Gasteiger partial charge is 0.494 e. The van der Waals surface area contributed by atoms with Crippen LogP contribution in [0.4, 0.5) is 0 Å². The van der Waals surface area contributed by atoms with E-state index in [0.717, 1.165) is 43.4 Å². The molecule has 0 bridgehead atoms. The Morgan fingerprint density at radius 1 is 0.914 bits per heavy atom. The van der Waals surface area contributed by atoms with Gasteiger partial charge >= 0.3 is 0 Å². The van der Waals surface area contributed by atoms with Crippen LogP contribution in [0, 0.1) is 0 Å². The van der Waals surface area contributed by atoms with Gasteiger partial charge in [0.1, 0.15) is 5.75 Å². The minimum Gasteiger partial charge on any atom is -0.494 e. The minimum atomic E-state index is -3.88. The van der Waals surface area contributed by atoms with Crippen molar-refractivity contribution in [2.75, 3.05) is 32.8 Å². The molecule has 0 radical (unpaired) electrons. The molecule has 0 amide bonds. The van der Waals surface area contributed by atoms with Crippen LogP contribution in [0.5, 0.6) is 5.75 Å². The molecule has 4 rings (SSSR count). The van der Waals surface area contributed by atoms with Gasteiger partial charge in [-0.2, -0.15) is 8.61 Å². The maximum atomic E-state index is 13.6. The number of hydrogen-bond acceptors (Lipinski definition) is 6. The van der Waals surface area contributed by atoms with Gasteiger partial charge in [0, 0.05) is 32.8 Å². The van der Waals surface area contributed by atoms with Gasteiger partial charge in [-0.1, -0.05) is 18.6 Å². The molecule has 2 saturated heterocycles. The summed E-state index contributed by atoms with van der Waals surface area (Å²) in [5.41, 5.74) is 0.833. The van der Waals surface area contributed by atoms with Crippen molar-refractivity contribution in [3.8, 4) is 5.75 Å². The van der Waals surface area contributed by atoms with Gasteiger partial charge in [0.25, 0.3) is 0 Å². The van der Waals surface area contributed by atoms with E-state index in [1.54, 1.807) is 0 Å². The molecule has 2 heterocycles. The Kier molecular flexibility index (Phi) is 8.49. The molecule has 1 atom stereocenters. The molecule has 2 aliphatic heterocycles. The van der Waals surface area contributed by atoms with E-state index in [9.17, 15) is 16.8 Å². The molecule has 8 nitrogen and oxygen atoms in total. The molecule has 0 N–H and O–H groups in total. The summed E-state index contributed by atoms with van der Waals surface area (Å²) in [6.45, 7) is 4.52. The van der Waals surface area contributed by atoms with Gasteiger partial charge in [0.05, 0.1) is 22.5 Å². The molecule has 0 saturated carbocycles. The van der Waals surface area contributed by atoms with Gasteiger partial charge < -0.3 is 9.47 Å². The number of ether oxygens (including phenoxy) is 2. The number of benzene rings is 2. The third-order valence-electron chi connectivity index (χ3n) is 6.44. The van der Waals surface area contributed by atoms with Crippen LogP contribution in [-0.2, 0) is 31.3 Å². The summed E-state index contributed by atoms with van der Waals surface area (Å²) in [6, 6.07) is 13.0. The Bertz CT molecular complexity index is 1170. The number of piperidine rings is 1. The predicted octanol–water partition coefficient (Wildman–Crippen LogP) is 3.63. The monoisotopic (exact) mass is 522 g/mol. The van der Waals surface area contributed by atoms with Gasteiger partial charge in [0.2, 0.25) is 20.0 Å². The molecule has 0 aliphatic carbocycles. The van der Waals surface area contributed by atoms with Crippen molar-refractivity contribution >= 4 is 20.0 Å². The van der Waals surface area contributed by atoms with Crippen LogP contribution in [0.25, 0.3) is 0 Å². The quantitative estimate of drug-likeness (QED) is 0.473. The Labute approximate surface area is 208 Å². The van der Waals surface area contributed by atoms with E-state index < -0.39 is 20.0 Å². The SMILES string of the molecule is CCOc1ccc(CN(CC2CCCO2)S(=O)(=O)c2ccc(S(=O)(=O)N3CCCCC3)cc2)cc1. The van der Waals surface area contributed by atoms with E-state index in [0.29, 0.717) is 26.3 Å². The number of rotatable bonds is 10. The molecule has 2 aliphatic rings. The van der Waals surface area contributed by atoms with E-state index in [1.807, 2.05) is 31.2 Å². The second-order valence-corrected chi connectivity index (χ2v) is 12.8. The van der Waals surface area contributed by atoms with Crippen LogP contribution in [0.2, 0.25) is 0 Å². The Balaban J connectivity index is 1.57. The average molecular weight is 523 g/mol. The standard InChI is InChI=1S/C25H34N2O6S2/c1-2-32-22-10-8-21(9-11-22)19-27(20-23-7-6-18-33-23)35(30,31)25-14-12-24(13-15-25)34(28,29)26-16-4-3-5-17-26/h8-15,23H,2-7,16-20H2,1H3. The van der Waals surface area contributed by atoms with Crippen LogP contribution in [0.15, 0.2) is 58.3 Å². The fourth-order valence-corrected chi connectivity index (χ4v) is 7.49. The summed E-state index contributed by atoms with van der Waals surface area (Å²) in [4.78, 5) is 0.189. The molecule has 35 heavy (non-hydrogen) atoms. The van der Waals surface area contributed by atoms with E-state index in [-0.39, 0.29) is 29.0 Å². The zero-order valence-corrected chi connectivity index (χ0v) is 21.8.